The first-order chi connectivity index (χ1) is 15.1. The van der Waals surface area contributed by atoms with Gasteiger partial charge in [0.15, 0.2) is 0 Å². The van der Waals surface area contributed by atoms with Gasteiger partial charge in [-0.05, 0) is 67.9 Å². The van der Waals surface area contributed by atoms with Gasteiger partial charge in [0, 0.05) is 29.2 Å². The van der Waals surface area contributed by atoms with Crippen molar-refractivity contribution < 1.29 is 9.53 Å². The van der Waals surface area contributed by atoms with Gasteiger partial charge >= 0.3 is 0 Å². The van der Waals surface area contributed by atoms with E-state index in [2.05, 4.69) is 21.4 Å². The molecule has 6 heteroatoms. The van der Waals surface area contributed by atoms with Crippen LogP contribution in [0.1, 0.15) is 29.8 Å². The summed E-state index contributed by atoms with van der Waals surface area (Å²) in [5, 5.41) is 4.76. The number of ether oxygens (including phenoxy) is 1. The highest BCUT2D eigenvalue weighted by Gasteiger charge is 2.14. The molecule has 0 aliphatic rings. The maximum Gasteiger partial charge on any atom is 0.258 e. The lowest BCUT2D eigenvalue weighted by Gasteiger charge is -2.12. The number of fused-ring (bicyclic) bond motifs is 1. The van der Waals surface area contributed by atoms with Crippen LogP contribution in [0.15, 0.2) is 84.1 Å². The number of carbonyl (C=O) groups excluding carboxylic acids is 1. The minimum absolute atomic E-state index is 0.105. The third-order valence-electron chi connectivity index (χ3n) is 4.60. The molecule has 156 valence electrons. The van der Waals surface area contributed by atoms with Gasteiger partial charge in [0.05, 0.1) is 17.2 Å². The molecule has 0 atom stereocenters. The number of hydrogen-bond donors (Lipinski definition) is 1. The number of benzene rings is 2. The minimum atomic E-state index is -0.187. The van der Waals surface area contributed by atoms with Crippen LogP contribution in [0.3, 0.4) is 0 Å². The van der Waals surface area contributed by atoms with E-state index in [1.54, 1.807) is 30.1 Å². The molecule has 2 heterocycles. The molecule has 0 saturated heterocycles. The Kier molecular flexibility index (Phi) is 6.48. The summed E-state index contributed by atoms with van der Waals surface area (Å²) in [5.41, 5.74) is 3.38. The van der Waals surface area contributed by atoms with E-state index in [0.717, 1.165) is 22.2 Å². The molecule has 0 radical (unpaired) electrons. The Hall–Kier alpha value is -3.38. The van der Waals surface area contributed by atoms with E-state index in [4.69, 9.17) is 4.74 Å². The van der Waals surface area contributed by atoms with Crippen molar-refractivity contribution in [3.05, 3.63) is 90.3 Å². The van der Waals surface area contributed by atoms with E-state index < -0.39 is 0 Å². The fourth-order valence-electron chi connectivity index (χ4n) is 3.19. The largest absolute Gasteiger partial charge is 0.491 e. The van der Waals surface area contributed by atoms with Crippen LogP contribution >= 0.6 is 11.8 Å². The molecule has 4 rings (SSSR count). The van der Waals surface area contributed by atoms with Crippen molar-refractivity contribution in [2.45, 2.75) is 30.7 Å². The molecule has 0 bridgehead atoms. The highest BCUT2D eigenvalue weighted by atomic mass is 32.2. The van der Waals surface area contributed by atoms with Gasteiger partial charge in [-0.25, -0.2) is 4.98 Å². The van der Waals surface area contributed by atoms with Crippen LogP contribution in [0.25, 0.3) is 10.9 Å². The second-order valence-corrected chi connectivity index (χ2v) is 8.24. The lowest BCUT2D eigenvalue weighted by atomic mass is 10.1. The summed E-state index contributed by atoms with van der Waals surface area (Å²) in [7, 11) is 0. The van der Waals surface area contributed by atoms with Gasteiger partial charge < -0.3 is 10.1 Å². The van der Waals surface area contributed by atoms with Gasteiger partial charge in [-0.15, -0.1) is 11.8 Å². The highest BCUT2D eigenvalue weighted by Crippen LogP contribution is 2.28. The zero-order chi connectivity index (χ0) is 21.6. The van der Waals surface area contributed by atoms with E-state index in [1.165, 1.54) is 0 Å². The number of para-hydroxylation sites is 1. The molecule has 0 unspecified atom stereocenters. The van der Waals surface area contributed by atoms with Crippen molar-refractivity contribution in [1.82, 2.24) is 9.97 Å². The number of anilines is 1. The molecule has 0 saturated carbocycles. The number of nitrogens with zero attached hydrogens (tertiary/aromatic N) is 2. The number of nitrogens with one attached hydrogen (secondary N) is 1. The summed E-state index contributed by atoms with van der Waals surface area (Å²) in [6.45, 7) is 3.96. The Labute approximate surface area is 185 Å². The minimum Gasteiger partial charge on any atom is -0.491 e. The summed E-state index contributed by atoms with van der Waals surface area (Å²) in [6, 6.07) is 21.0. The van der Waals surface area contributed by atoms with Gasteiger partial charge in [0.25, 0.3) is 5.91 Å². The Balaban J connectivity index is 1.48. The maximum atomic E-state index is 12.9. The molecule has 4 aromatic rings. The Morgan fingerprint density at radius 3 is 2.58 bits per heavy atom. The molecule has 0 fully saturated rings. The molecule has 5 nitrogen and oxygen atoms in total. The standard InChI is InChI=1S/C25H23N3O2S/c1-17(2)30-20-11-9-19(10-12-20)28-24(29)22-7-5-14-27-25(22)31-16-18-13-15-26-23-8-4-3-6-21(18)23/h3-15,17H,16H2,1-2H3,(H,28,29). The first-order valence-corrected chi connectivity index (χ1v) is 11.1. The highest BCUT2D eigenvalue weighted by molar-refractivity contribution is 7.98. The van der Waals surface area contributed by atoms with Crippen LogP contribution in [0.5, 0.6) is 5.75 Å². The van der Waals surface area contributed by atoms with Gasteiger partial charge in [0.1, 0.15) is 10.8 Å². The van der Waals surface area contributed by atoms with Crippen molar-refractivity contribution in [2.24, 2.45) is 0 Å². The Morgan fingerprint density at radius 2 is 1.77 bits per heavy atom. The summed E-state index contributed by atoms with van der Waals surface area (Å²) < 4.78 is 5.65. The average molecular weight is 430 g/mol. The summed E-state index contributed by atoms with van der Waals surface area (Å²) in [5.74, 6) is 1.28. The Morgan fingerprint density at radius 1 is 0.968 bits per heavy atom. The molecule has 0 spiro atoms. The van der Waals surface area contributed by atoms with Crippen molar-refractivity contribution in [3.8, 4) is 5.75 Å². The lowest BCUT2D eigenvalue weighted by molar-refractivity contribution is 0.102. The smallest absolute Gasteiger partial charge is 0.258 e. The number of hydrogen-bond acceptors (Lipinski definition) is 5. The molecular weight excluding hydrogens is 406 g/mol. The second kappa shape index (κ2) is 9.62. The quantitative estimate of drug-likeness (QED) is 0.367. The van der Waals surface area contributed by atoms with Crippen LogP contribution in [0.2, 0.25) is 0 Å². The zero-order valence-corrected chi connectivity index (χ0v) is 18.2. The molecule has 31 heavy (non-hydrogen) atoms. The molecule has 0 aliphatic carbocycles. The lowest BCUT2D eigenvalue weighted by Crippen LogP contribution is -2.13. The third-order valence-corrected chi connectivity index (χ3v) is 5.66. The number of thioether (sulfide) groups is 1. The number of amides is 1. The molecule has 1 amide bonds. The van der Waals surface area contributed by atoms with Crippen LogP contribution in [0.4, 0.5) is 5.69 Å². The predicted molar refractivity (Wildman–Crippen MR) is 126 cm³/mol. The first kappa shape index (κ1) is 20.9. The van der Waals surface area contributed by atoms with Gasteiger partial charge in [-0.3, -0.25) is 9.78 Å². The number of carbonyl (C=O) groups is 1. The van der Waals surface area contributed by atoms with E-state index in [0.29, 0.717) is 22.0 Å². The third kappa shape index (κ3) is 5.22. The van der Waals surface area contributed by atoms with Crippen molar-refractivity contribution in [3.63, 3.8) is 0 Å². The number of rotatable bonds is 7. The normalized spacial score (nSPS) is 10.9. The van der Waals surface area contributed by atoms with Gasteiger partial charge in [-0.1, -0.05) is 18.2 Å². The molecule has 1 N–H and O–H groups in total. The second-order valence-electron chi connectivity index (χ2n) is 7.28. The van der Waals surface area contributed by atoms with Crippen LogP contribution in [0, 0.1) is 0 Å². The Bertz CT molecular complexity index is 1190. The van der Waals surface area contributed by atoms with Crippen molar-refractivity contribution >= 4 is 34.3 Å². The molecule has 2 aromatic carbocycles. The van der Waals surface area contributed by atoms with Crippen LogP contribution in [-0.2, 0) is 5.75 Å². The van der Waals surface area contributed by atoms with Crippen molar-refractivity contribution in [1.29, 1.82) is 0 Å². The van der Waals surface area contributed by atoms with Crippen LogP contribution in [-0.4, -0.2) is 22.0 Å². The monoisotopic (exact) mass is 429 g/mol. The summed E-state index contributed by atoms with van der Waals surface area (Å²) in [4.78, 5) is 21.8. The fraction of sp³-hybridized carbons (Fsp3) is 0.160. The van der Waals surface area contributed by atoms with E-state index >= 15 is 0 Å². The maximum absolute atomic E-state index is 12.9. The van der Waals surface area contributed by atoms with Crippen LogP contribution < -0.4 is 10.1 Å². The van der Waals surface area contributed by atoms with Crippen molar-refractivity contribution in [2.75, 3.05) is 5.32 Å². The summed E-state index contributed by atoms with van der Waals surface area (Å²) in [6.07, 6.45) is 3.63. The average Bonchev–Trinajstić information content (AvgIpc) is 2.79. The number of pyridine rings is 2. The van der Waals surface area contributed by atoms with Gasteiger partial charge in [-0.2, -0.15) is 0 Å². The first-order valence-electron chi connectivity index (χ1n) is 10.1. The van der Waals surface area contributed by atoms with Gasteiger partial charge in [0.2, 0.25) is 0 Å². The topological polar surface area (TPSA) is 64.1 Å². The number of aromatic nitrogens is 2. The molecule has 2 aromatic heterocycles. The van der Waals surface area contributed by atoms with E-state index in [-0.39, 0.29) is 12.0 Å². The molecular formula is C25H23N3O2S. The zero-order valence-electron chi connectivity index (χ0n) is 17.4. The van der Waals surface area contributed by atoms with E-state index in [1.807, 2.05) is 68.6 Å². The molecule has 0 aliphatic heterocycles. The SMILES string of the molecule is CC(C)Oc1ccc(NC(=O)c2cccnc2SCc2ccnc3ccccc23)cc1. The predicted octanol–water partition coefficient (Wildman–Crippen LogP) is 5.96. The van der Waals surface area contributed by atoms with E-state index in [9.17, 15) is 4.79 Å². The fourth-order valence-corrected chi connectivity index (χ4v) is 4.19. The summed E-state index contributed by atoms with van der Waals surface area (Å²) >= 11 is 1.54.